The summed E-state index contributed by atoms with van der Waals surface area (Å²) in [5, 5.41) is 2.21. The van der Waals surface area contributed by atoms with Crippen molar-refractivity contribution in [3.05, 3.63) is 84.0 Å². The molecule has 2 aromatic rings. The number of nitrogens with zero attached hydrogens (tertiary/aromatic N) is 1. The first-order valence-corrected chi connectivity index (χ1v) is 30.9. The summed E-state index contributed by atoms with van der Waals surface area (Å²) in [5.74, 6) is -5.53. The van der Waals surface area contributed by atoms with Crippen molar-refractivity contribution in [2.75, 3.05) is 34.5 Å². The number of allylic oxidation sites excluding steroid dienone is 2. The van der Waals surface area contributed by atoms with Crippen LogP contribution in [-0.4, -0.2) is 138 Å². The van der Waals surface area contributed by atoms with Crippen molar-refractivity contribution in [2.45, 2.75) is 211 Å². The second-order valence-corrected chi connectivity index (χ2v) is 29.6. The Morgan fingerprint density at radius 3 is 2.06 bits per heavy atom. The van der Waals surface area contributed by atoms with Crippen LogP contribution >= 0.6 is 0 Å². The quantitative estimate of drug-likeness (QED) is 0.102. The summed E-state index contributed by atoms with van der Waals surface area (Å²) < 4.78 is 60.1. The van der Waals surface area contributed by atoms with E-state index in [0.717, 1.165) is 24.0 Å². The van der Waals surface area contributed by atoms with E-state index in [0.29, 0.717) is 44.9 Å². The summed E-state index contributed by atoms with van der Waals surface area (Å²) in [6, 6.07) is 20.4. The monoisotopic (exact) mass is 1100 g/mol. The lowest BCUT2D eigenvalue weighted by molar-refractivity contribution is -0.419. The Balaban J connectivity index is 1.15. The van der Waals surface area contributed by atoms with Crippen LogP contribution in [0.15, 0.2) is 84.0 Å². The molecule has 5 fully saturated rings. The zero-order valence-corrected chi connectivity index (χ0v) is 50.0. The van der Waals surface area contributed by atoms with E-state index >= 15 is 4.79 Å². The Hall–Kier alpha value is -3.90. The highest BCUT2D eigenvalue weighted by atomic mass is 28.4. The van der Waals surface area contributed by atoms with Crippen molar-refractivity contribution < 1.29 is 61.5 Å². The first kappa shape index (κ1) is 60.2. The number of benzene rings is 2. The molecule has 430 valence electrons. The van der Waals surface area contributed by atoms with Crippen LogP contribution in [0.25, 0.3) is 0 Å². The summed E-state index contributed by atoms with van der Waals surface area (Å²) in [7, 11) is 2.13. The maximum Gasteiger partial charge on any atom is 0.329 e. The number of rotatable bonds is 9. The van der Waals surface area contributed by atoms with Crippen LogP contribution in [0.5, 0.6) is 0 Å². The van der Waals surface area contributed by atoms with E-state index in [-0.39, 0.29) is 72.9 Å². The predicted octanol–water partition coefficient (Wildman–Crippen LogP) is 9.23. The Labute approximate surface area is 466 Å². The highest BCUT2D eigenvalue weighted by Crippen LogP contribution is 2.48. The molecule has 78 heavy (non-hydrogen) atoms. The number of hydrogen-bond acceptors (Lipinski definition) is 13. The lowest BCUT2D eigenvalue weighted by Crippen LogP contribution is -2.68. The van der Waals surface area contributed by atoms with Crippen molar-refractivity contribution >= 4 is 42.1 Å². The van der Waals surface area contributed by atoms with Crippen LogP contribution in [0.1, 0.15) is 140 Å². The maximum atomic E-state index is 15.1. The number of carbonyl (C=O) groups excluding carboxylic acids is 4. The Morgan fingerprint density at radius 2 is 1.44 bits per heavy atom. The second-order valence-electron chi connectivity index (χ2n) is 25.3. The first-order valence-electron chi connectivity index (χ1n) is 29.0. The summed E-state index contributed by atoms with van der Waals surface area (Å²) in [5.41, 5.74) is 1.90. The molecule has 0 radical (unpaired) electrons. The molecule has 14 nitrogen and oxygen atoms in total. The molecule has 8 rings (SSSR count). The highest BCUT2D eigenvalue weighted by Gasteiger charge is 2.57. The smallest absolute Gasteiger partial charge is 0.329 e. The summed E-state index contributed by atoms with van der Waals surface area (Å²) >= 11 is 0. The van der Waals surface area contributed by atoms with E-state index in [9.17, 15) is 14.4 Å². The van der Waals surface area contributed by atoms with Crippen molar-refractivity contribution in [2.24, 2.45) is 29.6 Å². The molecule has 1 saturated carbocycles. The van der Waals surface area contributed by atoms with Crippen molar-refractivity contribution in [3.8, 4) is 0 Å². The second kappa shape index (κ2) is 25.1. The van der Waals surface area contributed by atoms with Gasteiger partial charge >= 0.3 is 5.97 Å². The van der Waals surface area contributed by atoms with Gasteiger partial charge in [0.15, 0.2) is 17.4 Å². The molecule has 1 aliphatic carbocycles. The fourth-order valence-corrected chi connectivity index (χ4v) is 18.9. The van der Waals surface area contributed by atoms with Gasteiger partial charge in [0.05, 0.1) is 30.5 Å². The Morgan fingerprint density at radius 1 is 0.795 bits per heavy atom. The lowest BCUT2D eigenvalue weighted by atomic mass is 9.78. The summed E-state index contributed by atoms with van der Waals surface area (Å²) in [6.07, 6.45) is 6.12. The van der Waals surface area contributed by atoms with E-state index in [4.69, 9.17) is 42.3 Å². The van der Waals surface area contributed by atoms with Crippen molar-refractivity contribution in [3.63, 3.8) is 0 Å². The standard InChI is InChI=1S/C63H91NO13Si/c1-39-30-40(2)32-52(70-12)58-53(71-13)34-42(4)57(73-58)55(66)59(67)64-29-21-20-26-49(64)60(68)74-56(43(5)54-37-63(77-62(9,10)75-54)45(31-39)36-46(65)38-72-63)41(3)33-44-27-28-50(51(35-44)69-11)76-78(61(6,7)8,47-22-16-14-17-23-47)48-24-18-15-19-25-48/h14-19,22-25,31,33,40,42-45,49-54,56-58H,20-21,26-30,32,34-38H2,1-13H3/b39-31-,41-33+/t40-,42-,43-,44+,45+,49+,50-,51-,52+,53+,54+,56-,57-,58-,63-/m1/s1. The zero-order valence-electron chi connectivity index (χ0n) is 49.0. The molecule has 0 unspecified atom stereocenters. The van der Waals surface area contributed by atoms with Crippen LogP contribution in [-0.2, 0) is 61.5 Å². The van der Waals surface area contributed by atoms with Gasteiger partial charge in [0.25, 0.3) is 14.2 Å². The third kappa shape index (κ3) is 12.9. The molecule has 4 saturated heterocycles. The molecule has 6 aliphatic rings. The molecule has 1 spiro atoms. The number of fused-ring (bicyclic) bond motifs is 4. The highest BCUT2D eigenvalue weighted by molar-refractivity contribution is 6.99. The lowest BCUT2D eigenvalue weighted by Gasteiger charge is -2.53. The average molecular weight is 1100 g/mol. The Bertz CT molecular complexity index is 2420. The Kier molecular flexibility index (Phi) is 19.4. The van der Waals surface area contributed by atoms with E-state index in [2.05, 4.69) is 107 Å². The number of methoxy groups -OCH3 is 3. The van der Waals surface area contributed by atoms with Gasteiger partial charge in [-0.2, -0.15) is 0 Å². The number of carbonyl (C=O) groups is 4. The molecule has 15 atom stereocenters. The van der Waals surface area contributed by atoms with Crippen LogP contribution in [0, 0.1) is 29.6 Å². The normalized spacial score (nSPS) is 36.8. The third-order valence-corrected chi connectivity index (χ3v) is 23.0. The molecule has 0 N–H and O–H groups in total. The molecule has 5 aliphatic heterocycles. The van der Waals surface area contributed by atoms with Crippen LogP contribution in [0.2, 0.25) is 5.04 Å². The van der Waals surface area contributed by atoms with Crippen LogP contribution in [0.4, 0.5) is 0 Å². The van der Waals surface area contributed by atoms with Gasteiger partial charge in [-0.1, -0.05) is 120 Å². The number of esters is 1. The molecule has 0 aromatic heterocycles. The van der Waals surface area contributed by atoms with E-state index < -0.39 is 85.9 Å². The minimum absolute atomic E-state index is 0.0122. The average Bonchev–Trinajstić information content (AvgIpc) is 3.50. The maximum absolute atomic E-state index is 15.1. The molecule has 5 heterocycles. The number of piperidine rings is 1. The van der Waals surface area contributed by atoms with Gasteiger partial charge in [-0.05, 0) is 124 Å². The molecule has 2 aromatic carbocycles. The molecular weight excluding hydrogens is 1010 g/mol. The predicted molar refractivity (Wildman–Crippen MR) is 300 cm³/mol. The van der Waals surface area contributed by atoms with Gasteiger partial charge in [-0.3, -0.25) is 14.4 Å². The minimum atomic E-state index is -2.91. The number of hydrogen-bond donors (Lipinski definition) is 0. The van der Waals surface area contributed by atoms with E-state index in [1.54, 1.807) is 21.3 Å². The van der Waals surface area contributed by atoms with Gasteiger partial charge in [0.1, 0.15) is 31.0 Å². The molecule has 4 bridgehead atoms. The number of ether oxygens (including phenoxy) is 8. The number of cyclic esters (lactones) is 1. The largest absolute Gasteiger partial charge is 0.456 e. The van der Waals surface area contributed by atoms with Crippen LogP contribution < -0.4 is 10.4 Å². The first-order chi connectivity index (χ1) is 37.0. The SMILES string of the molecule is CO[C@H]1C[C@H](C)C/C(C)=C\[C@H]2CC(=O)CO[C@@]23C[C@H](OC(C)(C)O3)[C@@H](C)[C@@H](/C(C)=C/[C@@H]2CC[C@@H](O[Si](c3ccccc3)(c3ccccc3)C(C)(C)C)[C@H](OC)C2)OC(=O)[C@@H]2CCCCN2C(=O)C(=O)[C@@H]2O[C@H]1[C@@H](OC)C[C@H]2C. The number of ketones is 2. The fraction of sp³-hybridized carbons (Fsp3) is 0.683. The zero-order chi connectivity index (χ0) is 56.3. The number of amides is 1. The van der Waals surface area contributed by atoms with Gasteiger partial charge in [-0.25, -0.2) is 4.79 Å². The van der Waals surface area contributed by atoms with Gasteiger partial charge < -0.3 is 47.2 Å². The van der Waals surface area contributed by atoms with Gasteiger partial charge in [0, 0.05) is 52.6 Å². The van der Waals surface area contributed by atoms with Crippen LogP contribution in [0.3, 0.4) is 0 Å². The van der Waals surface area contributed by atoms with Gasteiger partial charge in [0.2, 0.25) is 5.78 Å². The number of Topliss-reactive ketones (excluding diaryl/α,β-unsaturated/α-hetero) is 2. The van der Waals surface area contributed by atoms with Crippen molar-refractivity contribution in [1.82, 2.24) is 4.90 Å². The summed E-state index contributed by atoms with van der Waals surface area (Å²) in [4.78, 5) is 59.2. The fourth-order valence-electron chi connectivity index (χ4n) is 14.2. The molecule has 15 heteroatoms. The van der Waals surface area contributed by atoms with E-state index in [1.165, 1.54) is 15.3 Å². The van der Waals surface area contributed by atoms with E-state index in [1.807, 2.05) is 34.6 Å². The van der Waals surface area contributed by atoms with Crippen molar-refractivity contribution in [1.29, 1.82) is 0 Å². The topological polar surface area (TPSA) is 155 Å². The summed E-state index contributed by atoms with van der Waals surface area (Å²) in [6.45, 7) is 20.9. The molecular formula is C63H91NO13Si. The van der Waals surface area contributed by atoms with Gasteiger partial charge in [-0.15, -0.1) is 0 Å². The molecule has 1 amide bonds. The third-order valence-electron chi connectivity index (χ3n) is 18.0. The minimum Gasteiger partial charge on any atom is -0.456 e.